The van der Waals surface area contributed by atoms with Gasteiger partial charge >= 0.3 is 12.1 Å². The number of imidazole rings is 1. The van der Waals surface area contributed by atoms with Crippen molar-refractivity contribution >= 4 is 61.6 Å². The van der Waals surface area contributed by atoms with Gasteiger partial charge in [-0.25, -0.2) is 24.5 Å². The molecule has 1 amide bonds. The zero-order valence-electron chi connectivity index (χ0n) is 36.0. The number of ether oxygens (including phenoxy) is 3. The van der Waals surface area contributed by atoms with Gasteiger partial charge in [-0.05, 0) is 100 Å². The first-order valence-corrected chi connectivity index (χ1v) is 25.7. The largest absolute Gasteiger partial charge is 0.458 e. The van der Waals surface area contributed by atoms with E-state index in [1.165, 1.54) is 6.33 Å². The van der Waals surface area contributed by atoms with E-state index < -0.39 is 70.5 Å². The average Bonchev–Trinajstić information content (AvgIpc) is 3.48. The highest BCUT2D eigenvalue weighted by molar-refractivity contribution is 9.10. The van der Waals surface area contributed by atoms with Gasteiger partial charge in [0.15, 0.2) is 44.6 Å². The Balaban J connectivity index is 2.12. The molecule has 0 spiro atoms. The maximum Gasteiger partial charge on any atom is 0.408 e. The fraction of sp³-hybridized carbons (Fsp3) is 0.811. The van der Waals surface area contributed by atoms with Crippen LogP contribution in [-0.4, -0.2) is 120 Å². The highest BCUT2D eigenvalue weighted by Gasteiger charge is 2.55. The van der Waals surface area contributed by atoms with Crippen LogP contribution in [0.15, 0.2) is 11.1 Å². The first-order valence-electron chi connectivity index (χ1n) is 19.1. The number of aliphatic hydroxyl groups excluding tert-OH is 1. The number of esters is 1. The Morgan fingerprint density at radius 2 is 1.47 bits per heavy atom. The zero-order chi connectivity index (χ0) is 42.1. The number of aliphatic hydroxyl groups is 1. The number of halogens is 1. The van der Waals surface area contributed by atoms with Gasteiger partial charge in [0.1, 0.15) is 41.9 Å². The SMILES string of the molecule is CC(C)(C)OC(=O)N[C@H](CCN(CCO)C[C@H]1O[C@@H](n2c(Br)nc3c(N)ncnc32)[C@@H](O[Si](C)(C)C(C)(C)C)C1O[Si](C)(C)C(C)(C)C)C(=O)OC(C)(C)C. The smallest absolute Gasteiger partial charge is 0.408 e. The van der Waals surface area contributed by atoms with Crippen molar-refractivity contribution in [3.63, 3.8) is 0 Å². The summed E-state index contributed by atoms with van der Waals surface area (Å²) in [5, 5.41) is 12.7. The van der Waals surface area contributed by atoms with Crippen LogP contribution in [0, 0.1) is 0 Å². The molecule has 55 heavy (non-hydrogen) atoms. The number of alkyl carbamates (subject to hydrolysis) is 1. The minimum Gasteiger partial charge on any atom is -0.458 e. The third kappa shape index (κ3) is 12.4. The molecule has 5 atom stereocenters. The molecule has 1 saturated heterocycles. The predicted octanol–water partition coefficient (Wildman–Crippen LogP) is 6.77. The first kappa shape index (κ1) is 47.2. The van der Waals surface area contributed by atoms with Crippen molar-refractivity contribution < 1.29 is 37.8 Å². The molecule has 0 saturated carbocycles. The van der Waals surface area contributed by atoms with Gasteiger partial charge in [0, 0.05) is 19.6 Å². The number of carbonyl (C=O) groups is 2. The van der Waals surface area contributed by atoms with Crippen molar-refractivity contribution in [2.75, 3.05) is 32.0 Å². The number of aromatic nitrogens is 4. The molecule has 15 nitrogen and oxygen atoms in total. The molecule has 2 aromatic heterocycles. The Bertz CT molecular complexity index is 1630. The van der Waals surface area contributed by atoms with Crippen LogP contribution in [0.5, 0.6) is 0 Å². The molecule has 1 aliphatic heterocycles. The molecule has 0 bridgehead atoms. The molecular weight excluding hydrogens is 807 g/mol. The number of carbonyl (C=O) groups excluding carboxylic acids is 2. The van der Waals surface area contributed by atoms with Crippen molar-refractivity contribution in [1.29, 1.82) is 0 Å². The third-order valence-electron chi connectivity index (χ3n) is 10.4. The van der Waals surface area contributed by atoms with E-state index in [9.17, 15) is 14.7 Å². The molecule has 314 valence electrons. The molecule has 1 fully saturated rings. The van der Waals surface area contributed by atoms with Crippen LogP contribution in [0.1, 0.15) is 95.7 Å². The lowest BCUT2D eigenvalue weighted by atomic mass is 10.1. The monoisotopic (exact) mass is 873 g/mol. The van der Waals surface area contributed by atoms with E-state index in [4.69, 9.17) is 28.8 Å². The van der Waals surface area contributed by atoms with Crippen molar-refractivity contribution in [1.82, 2.24) is 29.7 Å². The Labute approximate surface area is 338 Å². The Morgan fingerprint density at radius 1 is 0.927 bits per heavy atom. The van der Waals surface area contributed by atoms with Crippen LogP contribution < -0.4 is 11.1 Å². The van der Waals surface area contributed by atoms with E-state index in [2.05, 4.69) is 104 Å². The fourth-order valence-electron chi connectivity index (χ4n) is 5.56. The fourth-order valence-corrected chi connectivity index (χ4v) is 8.71. The molecular formula is C37H68BrN7O8Si2. The lowest BCUT2D eigenvalue weighted by molar-refractivity contribution is -0.157. The summed E-state index contributed by atoms with van der Waals surface area (Å²) in [5.74, 6) is -0.344. The molecule has 0 radical (unpaired) electrons. The van der Waals surface area contributed by atoms with E-state index in [0.717, 1.165) is 0 Å². The van der Waals surface area contributed by atoms with Crippen LogP contribution in [0.4, 0.5) is 10.6 Å². The Kier molecular flexibility index (Phi) is 14.9. The topological polar surface area (TPSA) is 185 Å². The second-order valence-electron chi connectivity index (χ2n) is 19.5. The lowest BCUT2D eigenvalue weighted by Gasteiger charge is -2.44. The summed E-state index contributed by atoms with van der Waals surface area (Å²) >= 11 is 3.66. The van der Waals surface area contributed by atoms with Crippen LogP contribution in [0.2, 0.25) is 36.3 Å². The molecule has 2 aromatic rings. The number of nitrogens with one attached hydrogen (secondary N) is 1. The highest BCUT2D eigenvalue weighted by atomic mass is 79.9. The number of rotatable bonds is 14. The average molecular weight is 875 g/mol. The van der Waals surface area contributed by atoms with E-state index in [-0.39, 0.29) is 35.5 Å². The zero-order valence-corrected chi connectivity index (χ0v) is 39.6. The Hall–Kier alpha value is -2.20. The Morgan fingerprint density at radius 3 is 1.98 bits per heavy atom. The number of anilines is 1. The summed E-state index contributed by atoms with van der Waals surface area (Å²) < 4.78 is 35.2. The quantitative estimate of drug-likeness (QED) is 0.103. The third-order valence-corrected chi connectivity index (χ3v) is 20.0. The van der Waals surface area contributed by atoms with Gasteiger partial charge in [0.2, 0.25) is 0 Å². The first-order chi connectivity index (χ1) is 24.9. The maximum absolute atomic E-state index is 13.4. The van der Waals surface area contributed by atoms with Gasteiger partial charge in [0.05, 0.1) is 6.61 Å². The van der Waals surface area contributed by atoms with E-state index >= 15 is 0 Å². The second kappa shape index (κ2) is 17.3. The number of nitrogens with zero attached hydrogens (tertiary/aromatic N) is 5. The normalized spacial score (nSPS) is 20.9. The van der Waals surface area contributed by atoms with Crippen molar-refractivity contribution in [3.8, 4) is 0 Å². The second-order valence-corrected chi connectivity index (χ2v) is 29.7. The predicted molar refractivity (Wildman–Crippen MR) is 223 cm³/mol. The van der Waals surface area contributed by atoms with Crippen LogP contribution >= 0.6 is 15.9 Å². The molecule has 18 heteroatoms. The number of hydrogen-bond acceptors (Lipinski definition) is 13. The molecule has 1 aliphatic rings. The standard InChI is InChI=1S/C37H68BrN7O8Si2/c1-34(2,3)50-31(47)23(42-33(48)51-35(4,5)6)17-18-44(19-20-46)21-24-26(52-54(13,14)36(7,8)9)27(53-55(15,16)37(10,11)12)30(49-24)45-29-25(43-32(45)38)28(39)40-22-41-29/h22-24,26-27,30,46H,17-21H2,1-16H3,(H,42,48)(H2,39,40,41)/t23-,24-,26?,27+,30-/m1/s1. The molecule has 0 aliphatic carbocycles. The van der Waals surface area contributed by atoms with E-state index in [1.807, 2.05) is 9.47 Å². The highest BCUT2D eigenvalue weighted by Crippen LogP contribution is 2.47. The van der Waals surface area contributed by atoms with Crippen molar-refractivity contribution in [2.24, 2.45) is 0 Å². The summed E-state index contributed by atoms with van der Waals surface area (Å²) in [7, 11) is -4.94. The van der Waals surface area contributed by atoms with Crippen LogP contribution in [0.25, 0.3) is 11.2 Å². The summed E-state index contributed by atoms with van der Waals surface area (Å²) in [6.07, 6.45) is -1.59. The van der Waals surface area contributed by atoms with Gasteiger partial charge in [-0.1, -0.05) is 41.5 Å². The van der Waals surface area contributed by atoms with Crippen molar-refractivity contribution in [3.05, 3.63) is 11.1 Å². The number of nitrogen functional groups attached to an aromatic ring is 1. The summed E-state index contributed by atoms with van der Waals surface area (Å²) in [6, 6.07) is -1.01. The van der Waals surface area contributed by atoms with E-state index in [1.54, 1.807) is 41.5 Å². The molecule has 0 aromatic carbocycles. The number of fused-ring (bicyclic) bond motifs is 1. The van der Waals surface area contributed by atoms with Crippen LogP contribution in [0.3, 0.4) is 0 Å². The maximum atomic E-state index is 13.4. The summed E-state index contributed by atoms with van der Waals surface area (Å²) in [5.41, 5.74) is 5.63. The van der Waals surface area contributed by atoms with Gasteiger partial charge < -0.3 is 39.2 Å². The molecule has 3 heterocycles. The summed E-state index contributed by atoms with van der Waals surface area (Å²) in [4.78, 5) is 41.7. The molecule has 4 N–H and O–H groups in total. The van der Waals surface area contributed by atoms with Gasteiger partial charge in [0.25, 0.3) is 0 Å². The lowest BCUT2D eigenvalue weighted by Crippen LogP contribution is -2.55. The number of amides is 1. The number of nitrogens with two attached hydrogens (primary N) is 1. The molecule has 1 unspecified atom stereocenters. The van der Waals surface area contributed by atoms with Crippen molar-refractivity contribution in [2.45, 2.75) is 168 Å². The van der Waals surface area contributed by atoms with Gasteiger partial charge in [-0.2, -0.15) is 0 Å². The summed E-state index contributed by atoms with van der Waals surface area (Å²) in [6.45, 7) is 33.3. The number of hydrogen-bond donors (Lipinski definition) is 3. The van der Waals surface area contributed by atoms with Gasteiger partial charge in [-0.3, -0.25) is 9.47 Å². The van der Waals surface area contributed by atoms with Crippen LogP contribution in [-0.2, 0) is 27.9 Å². The minimum atomic E-state index is -2.47. The molecule has 3 rings (SSSR count). The van der Waals surface area contributed by atoms with Gasteiger partial charge in [-0.15, -0.1) is 0 Å². The minimum absolute atomic E-state index is 0.139. The van der Waals surface area contributed by atoms with E-state index in [0.29, 0.717) is 29.0 Å².